The molecule has 0 spiro atoms. The maximum atomic E-state index is 11.9. The number of carbonyl (C=O) groups is 1. The van der Waals surface area contributed by atoms with Gasteiger partial charge >= 0.3 is 0 Å². The van der Waals surface area contributed by atoms with Gasteiger partial charge in [-0.1, -0.05) is 11.6 Å². The van der Waals surface area contributed by atoms with E-state index in [-0.39, 0.29) is 24.6 Å². The summed E-state index contributed by atoms with van der Waals surface area (Å²) in [6, 6.07) is 3.53. The molecular weight excluding hydrogens is 278 g/mol. The van der Waals surface area contributed by atoms with E-state index in [0.29, 0.717) is 5.02 Å². The molecule has 6 heteroatoms. The van der Waals surface area contributed by atoms with Crippen LogP contribution in [-0.4, -0.2) is 37.3 Å². The van der Waals surface area contributed by atoms with Crippen LogP contribution in [0.5, 0.6) is 0 Å². The fourth-order valence-electron chi connectivity index (χ4n) is 3.12. The number of nitrogens with zero attached hydrogens (tertiary/aromatic N) is 1. The molecule has 1 fully saturated rings. The van der Waals surface area contributed by atoms with Crippen molar-refractivity contribution in [1.82, 2.24) is 5.32 Å². The molecule has 0 saturated carbocycles. The third-order valence-electron chi connectivity index (χ3n) is 4.14. The molecule has 1 aromatic carbocycles. The second-order valence-corrected chi connectivity index (χ2v) is 5.68. The van der Waals surface area contributed by atoms with E-state index >= 15 is 0 Å². The predicted octanol–water partition coefficient (Wildman–Crippen LogP) is 1.51. The fraction of sp³-hybridized carbons (Fsp3) is 0.500. The van der Waals surface area contributed by atoms with Gasteiger partial charge in [-0.2, -0.15) is 0 Å². The highest BCUT2D eigenvalue weighted by atomic mass is 35.5. The van der Waals surface area contributed by atoms with Crippen molar-refractivity contribution in [2.75, 3.05) is 30.4 Å². The summed E-state index contributed by atoms with van der Waals surface area (Å²) < 4.78 is 0. The Bertz CT molecular complexity index is 549. The third kappa shape index (κ3) is 2.06. The van der Waals surface area contributed by atoms with Gasteiger partial charge in [0.15, 0.2) is 0 Å². The van der Waals surface area contributed by atoms with E-state index in [4.69, 9.17) is 11.6 Å². The van der Waals surface area contributed by atoms with Gasteiger partial charge in [0.2, 0.25) is 5.91 Å². The zero-order valence-corrected chi connectivity index (χ0v) is 12.1. The largest absolute Gasteiger partial charge is 0.394 e. The molecule has 2 unspecified atom stereocenters. The highest BCUT2D eigenvalue weighted by Crippen LogP contribution is 2.40. The molecule has 108 valence electrons. The van der Waals surface area contributed by atoms with Crippen LogP contribution in [0, 0.1) is 0 Å². The van der Waals surface area contributed by atoms with Gasteiger partial charge in [0.25, 0.3) is 0 Å². The molecule has 3 rings (SSSR count). The van der Waals surface area contributed by atoms with Crippen LogP contribution in [0.25, 0.3) is 0 Å². The molecular formula is C14H18ClN3O2. The molecule has 2 aliphatic heterocycles. The molecule has 0 aromatic heterocycles. The van der Waals surface area contributed by atoms with Gasteiger partial charge in [-0.15, -0.1) is 0 Å². The number of likely N-dealkylation sites (N-methyl/N-ethyl adjacent to an activating group) is 1. The number of hydrogen-bond acceptors (Lipinski definition) is 4. The Morgan fingerprint density at radius 2 is 2.35 bits per heavy atom. The van der Waals surface area contributed by atoms with Crippen LogP contribution in [0.4, 0.5) is 11.4 Å². The number of rotatable bonds is 3. The Kier molecular flexibility index (Phi) is 3.58. The van der Waals surface area contributed by atoms with Gasteiger partial charge in [0, 0.05) is 17.8 Å². The Labute approximate surface area is 122 Å². The Morgan fingerprint density at radius 3 is 3.05 bits per heavy atom. The smallest absolute Gasteiger partial charge is 0.246 e. The molecule has 0 bridgehead atoms. The summed E-state index contributed by atoms with van der Waals surface area (Å²) >= 11 is 6.39. The first kappa shape index (κ1) is 13.7. The first-order valence-electron chi connectivity index (χ1n) is 6.84. The van der Waals surface area contributed by atoms with E-state index in [2.05, 4.69) is 15.5 Å². The van der Waals surface area contributed by atoms with Gasteiger partial charge in [-0.25, -0.2) is 0 Å². The van der Waals surface area contributed by atoms with Crippen molar-refractivity contribution >= 4 is 28.9 Å². The van der Waals surface area contributed by atoms with Crippen LogP contribution in [0.15, 0.2) is 12.1 Å². The summed E-state index contributed by atoms with van der Waals surface area (Å²) in [7, 11) is 1.75. The van der Waals surface area contributed by atoms with Crippen molar-refractivity contribution in [1.29, 1.82) is 0 Å². The molecule has 5 nitrogen and oxygen atoms in total. The van der Waals surface area contributed by atoms with E-state index in [1.54, 1.807) is 7.05 Å². The Balaban J connectivity index is 1.99. The first-order chi connectivity index (χ1) is 9.65. The quantitative estimate of drug-likeness (QED) is 0.791. The van der Waals surface area contributed by atoms with Gasteiger partial charge in [-0.05, 0) is 32.0 Å². The molecule has 1 aromatic rings. The van der Waals surface area contributed by atoms with Crippen molar-refractivity contribution in [3.63, 3.8) is 0 Å². The summed E-state index contributed by atoms with van der Waals surface area (Å²) in [5, 5.41) is 15.9. The number of aliphatic hydroxyl groups is 1. The number of benzene rings is 1. The van der Waals surface area contributed by atoms with Gasteiger partial charge in [0.05, 0.1) is 23.4 Å². The fourth-order valence-corrected chi connectivity index (χ4v) is 3.40. The number of amides is 1. The van der Waals surface area contributed by atoms with Crippen LogP contribution in [0.2, 0.25) is 5.02 Å². The van der Waals surface area contributed by atoms with E-state index in [9.17, 15) is 9.90 Å². The average molecular weight is 296 g/mol. The van der Waals surface area contributed by atoms with Crippen LogP contribution >= 0.6 is 11.6 Å². The predicted molar refractivity (Wildman–Crippen MR) is 79.3 cm³/mol. The summed E-state index contributed by atoms with van der Waals surface area (Å²) in [5.41, 5.74) is 2.57. The Morgan fingerprint density at radius 1 is 1.55 bits per heavy atom. The Hall–Kier alpha value is -1.30. The van der Waals surface area contributed by atoms with Crippen molar-refractivity contribution in [3.8, 4) is 0 Å². The van der Waals surface area contributed by atoms with E-state index < -0.39 is 0 Å². The number of carbonyl (C=O) groups excluding carboxylic acids is 1. The SMILES string of the molecule is CNC1C(=O)Nc2cc(N3CCCC3CO)c(Cl)cc21. The maximum Gasteiger partial charge on any atom is 0.246 e. The van der Waals surface area contributed by atoms with Crippen molar-refractivity contribution in [3.05, 3.63) is 22.7 Å². The molecule has 0 aliphatic carbocycles. The first-order valence-corrected chi connectivity index (χ1v) is 7.22. The second kappa shape index (κ2) is 5.24. The standard InChI is InChI=1S/C14H18ClN3O2/c1-16-13-9-5-10(15)12(6-11(9)17-14(13)20)18-4-2-3-8(18)7-19/h5-6,8,13,16,19H,2-4,7H2,1H3,(H,17,20). The lowest BCUT2D eigenvalue weighted by molar-refractivity contribution is -0.117. The summed E-state index contributed by atoms with van der Waals surface area (Å²) in [5.74, 6) is -0.0594. The minimum Gasteiger partial charge on any atom is -0.394 e. The molecule has 0 radical (unpaired) electrons. The number of aliphatic hydroxyl groups excluding tert-OH is 1. The van der Waals surface area contributed by atoms with E-state index in [1.807, 2.05) is 12.1 Å². The monoisotopic (exact) mass is 295 g/mol. The number of halogens is 1. The lowest BCUT2D eigenvalue weighted by Crippen LogP contribution is -2.32. The van der Waals surface area contributed by atoms with Crippen molar-refractivity contribution in [2.45, 2.75) is 24.9 Å². The molecule has 3 N–H and O–H groups in total. The maximum absolute atomic E-state index is 11.9. The molecule has 20 heavy (non-hydrogen) atoms. The van der Waals surface area contributed by atoms with Gasteiger partial charge < -0.3 is 20.6 Å². The number of nitrogens with one attached hydrogen (secondary N) is 2. The third-order valence-corrected chi connectivity index (χ3v) is 4.44. The van der Waals surface area contributed by atoms with Crippen molar-refractivity contribution < 1.29 is 9.90 Å². The average Bonchev–Trinajstić information content (AvgIpc) is 3.00. The zero-order chi connectivity index (χ0) is 14.3. The highest BCUT2D eigenvalue weighted by molar-refractivity contribution is 6.33. The molecule has 2 heterocycles. The molecule has 1 saturated heterocycles. The normalized spacial score (nSPS) is 24.9. The van der Waals surface area contributed by atoms with Gasteiger partial charge in [0.1, 0.15) is 6.04 Å². The van der Waals surface area contributed by atoms with E-state index in [1.165, 1.54) is 0 Å². The molecule has 2 aliphatic rings. The summed E-state index contributed by atoms with van der Waals surface area (Å²) in [6.07, 6.45) is 2.01. The lowest BCUT2D eigenvalue weighted by atomic mass is 10.1. The number of fused-ring (bicyclic) bond motifs is 1. The minimum absolute atomic E-state index is 0.0594. The van der Waals surface area contributed by atoms with Crippen LogP contribution in [0.3, 0.4) is 0 Å². The second-order valence-electron chi connectivity index (χ2n) is 5.27. The lowest BCUT2D eigenvalue weighted by Gasteiger charge is -2.27. The van der Waals surface area contributed by atoms with Crippen molar-refractivity contribution in [2.24, 2.45) is 0 Å². The number of hydrogen-bond donors (Lipinski definition) is 3. The van der Waals surface area contributed by atoms with Crippen LogP contribution < -0.4 is 15.5 Å². The van der Waals surface area contributed by atoms with Gasteiger partial charge in [-0.3, -0.25) is 4.79 Å². The zero-order valence-electron chi connectivity index (χ0n) is 11.3. The number of anilines is 2. The summed E-state index contributed by atoms with van der Waals surface area (Å²) in [6.45, 7) is 1.01. The van der Waals surface area contributed by atoms with E-state index in [0.717, 1.165) is 36.3 Å². The van der Waals surface area contributed by atoms with Crippen LogP contribution in [-0.2, 0) is 4.79 Å². The molecule has 2 atom stereocenters. The molecule has 1 amide bonds. The van der Waals surface area contributed by atoms with Crippen LogP contribution in [0.1, 0.15) is 24.4 Å². The highest BCUT2D eigenvalue weighted by Gasteiger charge is 2.32. The topological polar surface area (TPSA) is 64.6 Å². The minimum atomic E-state index is -0.344. The summed E-state index contributed by atoms with van der Waals surface area (Å²) in [4.78, 5) is 14.0.